The summed E-state index contributed by atoms with van der Waals surface area (Å²) < 4.78 is 6.50. The molecule has 0 bridgehead atoms. The van der Waals surface area contributed by atoms with Crippen LogP contribution in [-0.2, 0) is 16.0 Å². The number of fused-ring (bicyclic) bond motifs is 1. The van der Waals surface area contributed by atoms with Crippen LogP contribution in [0.3, 0.4) is 0 Å². The van der Waals surface area contributed by atoms with Crippen molar-refractivity contribution in [3.8, 4) is 11.1 Å². The fourth-order valence-corrected chi connectivity index (χ4v) is 3.55. The number of carbonyl (C=O) groups excluding carboxylic acids is 2. The summed E-state index contributed by atoms with van der Waals surface area (Å²) in [6, 6.07) is 9.27. The van der Waals surface area contributed by atoms with Crippen LogP contribution < -0.4 is 0 Å². The van der Waals surface area contributed by atoms with Crippen molar-refractivity contribution >= 4 is 40.0 Å². The van der Waals surface area contributed by atoms with E-state index in [0.717, 1.165) is 27.9 Å². The van der Waals surface area contributed by atoms with Gasteiger partial charge in [0.15, 0.2) is 6.29 Å². The van der Waals surface area contributed by atoms with Crippen molar-refractivity contribution in [2.24, 2.45) is 0 Å². The molecule has 0 fully saturated rings. The lowest BCUT2D eigenvalue weighted by Crippen LogP contribution is -2.07. The van der Waals surface area contributed by atoms with Gasteiger partial charge in [-0.15, -0.1) is 11.3 Å². The van der Waals surface area contributed by atoms with Crippen LogP contribution in [0.2, 0.25) is 5.02 Å². The van der Waals surface area contributed by atoms with E-state index in [4.69, 9.17) is 16.3 Å². The fraction of sp³-hybridized carbons (Fsp3) is 0.125. The van der Waals surface area contributed by atoms with Crippen LogP contribution in [0.15, 0.2) is 35.7 Å². The molecule has 0 spiro atoms. The number of hydrogen-bond acceptors (Lipinski definition) is 4. The first-order valence-corrected chi connectivity index (χ1v) is 7.79. The highest BCUT2D eigenvalue weighted by Crippen LogP contribution is 2.32. The number of nitrogens with zero attached hydrogens (tertiary/aromatic N) is 1. The first kappa shape index (κ1) is 14.8. The third kappa shape index (κ3) is 2.53. The number of benzene rings is 1. The molecular weight excluding hydrogens is 322 g/mol. The van der Waals surface area contributed by atoms with E-state index in [1.807, 2.05) is 29.6 Å². The lowest BCUT2D eigenvalue weighted by atomic mass is 10.1. The number of esters is 1. The predicted molar refractivity (Wildman–Crippen MR) is 86.8 cm³/mol. The molecule has 6 heteroatoms. The lowest BCUT2D eigenvalue weighted by molar-refractivity contribution is -0.139. The van der Waals surface area contributed by atoms with Crippen LogP contribution in [0.4, 0.5) is 0 Å². The topological polar surface area (TPSA) is 47.8 Å². The molecule has 0 radical (unpaired) electrons. The highest BCUT2D eigenvalue weighted by atomic mass is 35.5. The zero-order chi connectivity index (χ0) is 15.7. The molecule has 0 unspecified atom stereocenters. The second kappa shape index (κ2) is 5.94. The van der Waals surface area contributed by atoms with Gasteiger partial charge in [-0.2, -0.15) is 0 Å². The SMILES string of the molecule is COC(=O)Cc1csc2cc(-c3cccc(Cl)c3)c(C=O)n12. The Morgan fingerprint density at radius 1 is 1.41 bits per heavy atom. The Morgan fingerprint density at radius 3 is 2.91 bits per heavy atom. The summed E-state index contributed by atoms with van der Waals surface area (Å²) in [4.78, 5) is 24.0. The number of rotatable bonds is 4. The molecule has 0 atom stereocenters. The molecule has 2 heterocycles. The van der Waals surface area contributed by atoms with Gasteiger partial charge in [0, 0.05) is 21.7 Å². The van der Waals surface area contributed by atoms with E-state index >= 15 is 0 Å². The summed E-state index contributed by atoms with van der Waals surface area (Å²) in [5.41, 5.74) is 2.92. The smallest absolute Gasteiger partial charge is 0.311 e. The van der Waals surface area contributed by atoms with Crippen molar-refractivity contribution < 1.29 is 14.3 Å². The van der Waals surface area contributed by atoms with Crippen molar-refractivity contribution in [2.45, 2.75) is 6.42 Å². The molecule has 0 saturated carbocycles. The fourth-order valence-electron chi connectivity index (χ4n) is 2.41. The van der Waals surface area contributed by atoms with Gasteiger partial charge in [0.1, 0.15) is 4.83 Å². The van der Waals surface area contributed by atoms with Crippen molar-refractivity contribution in [1.29, 1.82) is 0 Å². The summed E-state index contributed by atoms with van der Waals surface area (Å²) >= 11 is 7.51. The molecule has 3 aromatic rings. The van der Waals surface area contributed by atoms with Crippen LogP contribution in [-0.4, -0.2) is 23.8 Å². The predicted octanol–water partition coefficient (Wildman–Crippen LogP) is 3.85. The van der Waals surface area contributed by atoms with Crippen molar-refractivity contribution in [3.05, 3.63) is 52.1 Å². The quantitative estimate of drug-likeness (QED) is 0.538. The molecule has 112 valence electrons. The molecule has 0 saturated heterocycles. The number of aromatic nitrogens is 1. The standard InChI is InChI=1S/C16H12ClNO3S/c1-21-16(20)6-12-9-22-15-7-13(14(8-19)18(12)15)10-3-2-4-11(17)5-10/h2-5,7-9H,6H2,1H3. The molecule has 0 aliphatic rings. The summed E-state index contributed by atoms with van der Waals surface area (Å²) in [7, 11) is 1.35. The van der Waals surface area contributed by atoms with Gasteiger partial charge in [-0.3, -0.25) is 9.59 Å². The summed E-state index contributed by atoms with van der Waals surface area (Å²) in [5.74, 6) is -0.338. The van der Waals surface area contributed by atoms with Crippen molar-refractivity contribution in [3.63, 3.8) is 0 Å². The van der Waals surface area contributed by atoms with Gasteiger partial charge >= 0.3 is 5.97 Å². The van der Waals surface area contributed by atoms with Gasteiger partial charge in [0.2, 0.25) is 0 Å². The van der Waals surface area contributed by atoms with Gasteiger partial charge < -0.3 is 9.14 Å². The summed E-state index contributed by atoms with van der Waals surface area (Å²) in [6.07, 6.45) is 0.928. The van der Waals surface area contributed by atoms with E-state index < -0.39 is 0 Å². The van der Waals surface area contributed by atoms with Crippen LogP contribution in [0.5, 0.6) is 0 Å². The number of hydrogen-bond donors (Lipinski definition) is 0. The van der Waals surface area contributed by atoms with E-state index in [1.54, 1.807) is 10.5 Å². The highest BCUT2D eigenvalue weighted by molar-refractivity contribution is 7.15. The molecular formula is C16H12ClNO3S. The Kier molecular flexibility index (Phi) is 4.00. The van der Waals surface area contributed by atoms with Crippen molar-refractivity contribution in [1.82, 2.24) is 4.40 Å². The maximum absolute atomic E-state index is 11.6. The molecule has 1 aromatic carbocycles. The van der Waals surface area contributed by atoms with Crippen LogP contribution >= 0.6 is 22.9 Å². The minimum absolute atomic E-state index is 0.126. The molecule has 0 N–H and O–H groups in total. The van der Waals surface area contributed by atoms with Crippen molar-refractivity contribution in [2.75, 3.05) is 7.11 Å². The third-order valence-electron chi connectivity index (χ3n) is 3.41. The minimum atomic E-state index is -0.338. The normalized spacial score (nSPS) is 10.8. The molecule has 0 amide bonds. The third-order valence-corrected chi connectivity index (χ3v) is 4.58. The minimum Gasteiger partial charge on any atom is -0.469 e. The number of halogens is 1. The Labute approximate surface area is 135 Å². The Balaban J connectivity index is 2.17. The summed E-state index contributed by atoms with van der Waals surface area (Å²) in [6.45, 7) is 0. The molecule has 0 aliphatic heterocycles. The monoisotopic (exact) mass is 333 g/mol. The maximum Gasteiger partial charge on any atom is 0.311 e. The van der Waals surface area contributed by atoms with E-state index in [9.17, 15) is 9.59 Å². The molecule has 2 aromatic heterocycles. The molecule has 0 aliphatic carbocycles. The number of aldehydes is 1. The lowest BCUT2D eigenvalue weighted by Gasteiger charge is -2.03. The Hall–Kier alpha value is -2.11. The summed E-state index contributed by atoms with van der Waals surface area (Å²) in [5, 5.41) is 2.47. The first-order chi connectivity index (χ1) is 10.6. The van der Waals surface area contributed by atoms with Gasteiger partial charge in [0.25, 0.3) is 0 Å². The molecule has 22 heavy (non-hydrogen) atoms. The van der Waals surface area contributed by atoms with Gasteiger partial charge in [-0.1, -0.05) is 23.7 Å². The number of carbonyl (C=O) groups is 2. The average molecular weight is 334 g/mol. The first-order valence-electron chi connectivity index (χ1n) is 6.54. The van der Waals surface area contributed by atoms with E-state index in [-0.39, 0.29) is 12.4 Å². The highest BCUT2D eigenvalue weighted by Gasteiger charge is 2.17. The van der Waals surface area contributed by atoms with Crippen LogP contribution in [0.1, 0.15) is 16.2 Å². The molecule has 3 rings (SSSR count). The number of ether oxygens (including phenoxy) is 1. The van der Waals surface area contributed by atoms with Gasteiger partial charge in [-0.05, 0) is 23.8 Å². The second-order valence-corrected chi connectivity index (χ2v) is 6.05. The van der Waals surface area contributed by atoms with E-state index in [1.165, 1.54) is 18.4 Å². The zero-order valence-electron chi connectivity index (χ0n) is 11.7. The average Bonchev–Trinajstić information content (AvgIpc) is 3.06. The van der Waals surface area contributed by atoms with Crippen LogP contribution in [0.25, 0.3) is 16.0 Å². The maximum atomic E-state index is 11.6. The van der Waals surface area contributed by atoms with Gasteiger partial charge in [-0.25, -0.2) is 0 Å². The second-order valence-electron chi connectivity index (χ2n) is 4.73. The molecule has 4 nitrogen and oxygen atoms in total. The van der Waals surface area contributed by atoms with E-state index in [2.05, 4.69) is 0 Å². The van der Waals surface area contributed by atoms with Crippen LogP contribution in [0, 0.1) is 0 Å². The Bertz CT molecular complexity index is 866. The van der Waals surface area contributed by atoms with Gasteiger partial charge in [0.05, 0.1) is 19.2 Å². The largest absolute Gasteiger partial charge is 0.469 e. The number of methoxy groups -OCH3 is 1. The number of thiazole rings is 1. The zero-order valence-corrected chi connectivity index (χ0v) is 13.3. The Morgan fingerprint density at radius 2 is 2.23 bits per heavy atom. The van der Waals surface area contributed by atoms with E-state index in [0.29, 0.717) is 10.7 Å².